The average Bonchev–Trinajstić information content (AvgIpc) is 2.67. The van der Waals surface area contributed by atoms with Crippen LogP contribution in [-0.2, 0) is 9.59 Å². The number of hydrogen-bond acceptors (Lipinski definition) is 4. The molecule has 1 aromatic carbocycles. The number of urea groups is 1. The van der Waals surface area contributed by atoms with E-state index in [2.05, 4.69) is 21.3 Å². The van der Waals surface area contributed by atoms with Gasteiger partial charge in [0.1, 0.15) is 6.04 Å². The molecule has 1 atom stereocenters. The van der Waals surface area contributed by atoms with Gasteiger partial charge in [-0.25, -0.2) is 4.79 Å². The maximum atomic E-state index is 12.6. The van der Waals surface area contributed by atoms with E-state index in [-0.39, 0.29) is 23.4 Å². The predicted octanol–water partition coefficient (Wildman–Crippen LogP) is 4.27. The molecular weight excluding hydrogens is 404 g/mol. The van der Waals surface area contributed by atoms with Gasteiger partial charge < -0.3 is 16.0 Å². The van der Waals surface area contributed by atoms with Crippen molar-refractivity contribution in [1.82, 2.24) is 10.6 Å². The first kappa shape index (κ1) is 22.6. The predicted molar refractivity (Wildman–Crippen MR) is 125 cm³/mol. The molecule has 7 nitrogen and oxygen atoms in total. The Morgan fingerprint density at radius 2 is 1.44 bits per heavy atom. The van der Waals surface area contributed by atoms with Gasteiger partial charge >= 0.3 is 6.03 Å². The van der Waals surface area contributed by atoms with Gasteiger partial charge in [0.05, 0.1) is 0 Å². The van der Waals surface area contributed by atoms with Crippen LogP contribution in [0.2, 0.25) is 0 Å². The molecule has 0 aliphatic heterocycles. The summed E-state index contributed by atoms with van der Waals surface area (Å²) in [5.74, 6) is 2.12. The number of amides is 4. The van der Waals surface area contributed by atoms with Gasteiger partial charge in [-0.3, -0.25) is 14.9 Å². The summed E-state index contributed by atoms with van der Waals surface area (Å²) in [4.78, 5) is 37.1. The molecule has 4 fully saturated rings. The highest BCUT2D eigenvalue weighted by Gasteiger charge is 2.51. The molecule has 1 unspecified atom stereocenters. The third-order valence-corrected chi connectivity index (χ3v) is 7.19. The molecule has 4 N–H and O–H groups in total. The summed E-state index contributed by atoms with van der Waals surface area (Å²) in [5, 5.41) is 11.7. The highest BCUT2D eigenvalue weighted by Crippen LogP contribution is 2.55. The van der Waals surface area contributed by atoms with E-state index in [4.69, 9.17) is 0 Å². The molecular formula is C25H36N4O3. The van der Waals surface area contributed by atoms with E-state index in [9.17, 15) is 14.4 Å². The highest BCUT2D eigenvalue weighted by molar-refractivity contribution is 5.98. The second-order valence-corrected chi connectivity index (χ2v) is 10.7. The van der Waals surface area contributed by atoms with Gasteiger partial charge in [0, 0.05) is 23.3 Å². The lowest BCUT2D eigenvalue weighted by atomic mass is 9.53. The van der Waals surface area contributed by atoms with Crippen LogP contribution in [0.1, 0.15) is 65.7 Å². The van der Waals surface area contributed by atoms with Crippen molar-refractivity contribution in [2.75, 3.05) is 10.6 Å². The van der Waals surface area contributed by atoms with Crippen LogP contribution in [0, 0.1) is 23.7 Å². The van der Waals surface area contributed by atoms with E-state index in [1.54, 1.807) is 19.1 Å². The molecule has 5 rings (SSSR count). The van der Waals surface area contributed by atoms with Crippen molar-refractivity contribution in [2.24, 2.45) is 23.7 Å². The van der Waals surface area contributed by atoms with Crippen LogP contribution in [0.25, 0.3) is 0 Å². The second kappa shape index (κ2) is 9.12. The number of hydrogen-bond donors (Lipinski definition) is 4. The average molecular weight is 441 g/mol. The summed E-state index contributed by atoms with van der Waals surface area (Å²) < 4.78 is 0. The minimum Gasteiger partial charge on any atom is -0.374 e. The number of rotatable bonds is 7. The van der Waals surface area contributed by atoms with Gasteiger partial charge in [0.15, 0.2) is 0 Å². The van der Waals surface area contributed by atoms with Crippen LogP contribution < -0.4 is 21.3 Å². The topological polar surface area (TPSA) is 99.3 Å². The molecule has 1 aromatic rings. The van der Waals surface area contributed by atoms with Crippen molar-refractivity contribution in [2.45, 2.75) is 77.3 Å². The van der Waals surface area contributed by atoms with Gasteiger partial charge in [-0.05, 0) is 93.4 Å². The van der Waals surface area contributed by atoms with Crippen molar-refractivity contribution in [3.05, 3.63) is 24.3 Å². The Labute approximate surface area is 190 Å². The molecule has 174 valence electrons. The number of nitrogens with one attached hydrogen (secondary N) is 4. The molecule has 0 radical (unpaired) electrons. The molecule has 4 saturated carbocycles. The van der Waals surface area contributed by atoms with Crippen LogP contribution in [0.4, 0.5) is 16.2 Å². The van der Waals surface area contributed by atoms with Crippen LogP contribution in [0.5, 0.6) is 0 Å². The van der Waals surface area contributed by atoms with E-state index < -0.39 is 6.04 Å². The third kappa shape index (κ3) is 5.43. The zero-order valence-electron chi connectivity index (χ0n) is 19.4. The molecule has 32 heavy (non-hydrogen) atoms. The molecule has 7 heteroatoms. The monoisotopic (exact) mass is 440 g/mol. The Morgan fingerprint density at radius 1 is 0.906 bits per heavy atom. The SMILES string of the molecule is CC(C)CC(=O)Nc1ccc(NC(C)C(=O)NC(=O)NC23CC4CC(CC(C4)C2)C3)cc1. The lowest BCUT2D eigenvalue weighted by Gasteiger charge is -2.56. The molecule has 0 heterocycles. The largest absolute Gasteiger partial charge is 0.374 e. The van der Waals surface area contributed by atoms with Crippen LogP contribution in [0.15, 0.2) is 24.3 Å². The number of carbonyl (C=O) groups is 3. The van der Waals surface area contributed by atoms with Crippen molar-refractivity contribution >= 4 is 29.2 Å². The third-order valence-electron chi connectivity index (χ3n) is 7.19. The fourth-order valence-corrected chi connectivity index (χ4v) is 6.30. The first-order valence-electron chi connectivity index (χ1n) is 12.0. The van der Waals surface area contributed by atoms with E-state index in [1.807, 2.05) is 26.0 Å². The fraction of sp³-hybridized carbons (Fsp3) is 0.640. The van der Waals surface area contributed by atoms with Gasteiger partial charge in [0.2, 0.25) is 11.8 Å². The van der Waals surface area contributed by atoms with E-state index in [0.717, 1.165) is 42.7 Å². The fourth-order valence-electron chi connectivity index (χ4n) is 6.30. The van der Waals surface area contributed by atoms with Crippen LogP contribution >= 0.6 is 0 Å². The Hall–Kier alpha value is -2.57. The van der Waals surface area contributed by atoms with Crippen molar-refractivity contribution in [1.29, 1.82) is 0 Å². The van der Waals surface area contributed by atoms with E-state index in [1.165, 1.54) is 19.3 Å². The van der Waals surface area contributed by atoms with Crippen molar-refractivity contribution in [3.63, 3.8) is 0 Å². The van der Waals surface area contributed by atoms with E-state index >= 15 is 0 Å². The Bertz CT molecular complexity index is 829. The number of imide groups is 1. The van der Waals surface area contributed by atoms with Crippen molar-refractivity contribution < 1.29 is 14.4 Å². The van der Waals surface area contributed by atoms with Gasteiger partial charge in [0.25, 0.3) is 0 Å². The minimum absolute atomic E-state index is 0.0153. The lowest BCUT2D eigenvalue weighted by molar-refractivity contribution is -0.120. The second-order valence-electron chi connectivity index (χ2n) is 10.7. The lowest BCUT2D eigenvalue weighted by Crippen LogP contribution is -2.62. The quantitative estimate of drug-likeness (QED) is 0.509. The first-order valence-corrected chi connectivity index (χ1v) is 12.0. The molecule has 4 bridgehead atoms. The summed E-state index contributed by atoms with van der Waals surface area (Å²) >= 11 is 0. The zero-order valence-corrected chi connectivity index (χ0v) is 19.4. The van der Waals surface area contributed by atoms with Gasteiger partial charge in [-0.15, -0.1) is 0 Å². The molecule has 4 aliphatic carbocycles. The normalized spacial score (nSPS) is 28.8. The maximum Gasteiger partial charge on any atom is 0.321 e. The van der Waals surface area contributed by atoms with Gasteiger partial charge in [-0.1, -0.05) is 13.8 Å². The summed E-state index contributed by atoms with van der Waals surface area (Å²) in [6.07, 6.45) is 7.55. The van der Waals surface area contributed by atoms with Gasteiger partial charge in [-0.2, -0.15) is 0 Å². The molecule has 0 aromatic heterocycles. The maximum absolute atomic E-state index is 12.6. The Morgan fingerprint density at radius 3 is 1.97 bits per heavy atom. The Kier molecular flexibility index (Phi) is 6.45. The number of anilines is 2. The molecule has 0 spiro atoms. The summed E-state index contributed by atoms with van der Waals surface area (Å²) in [7, 11) is 0. The number of carbonyl (C=O) groups excluding carboxylic acids is 3. The summed E-state index contributed by atoms with van der Waals surface area (Å²) in [6, 6.07) is 6.26. The number of benzene rings is 1. The molecule has 0 saturated heterocycles. The Balaban J connectivity index is 1.25. The summed E-state index contributed by atoms with van der Waals surface area (Å²) in [5.41, 5.74) is 1.34. The van der Waals surface area contributed by atoms with E-state index in [0.29, 0.717) is 18.0 Å². The smallest absolute Gasteiger partial charge is 0.321 e. The standard InChI is InChI=1S/C25H36N4O3/c1-15(2)8-22(30)27-21-6-4-20(5-7-21)26-16(3)23(31)28-24(32)29-25-12-17-9-18(13-25)11-19(10-17)14-25/h4-7,15-19,26H,8-14H2,1-3H3,(H,27,30)(H2,28,29,31,32). The highest BCUT2D eigenvalue weighted by atomic mass is 16.2. The molecule has 4 aliphatic rings. The van der Waals surface area contributed by atoms with Crippen molar-refractivity contribution in [3.8, 4) is 0 Å². The van der Waals surface area contributed by atoms with Crippen LogP contribution in [-0.4, -0.2) is 29.4 Å². The summed E-state index contributed by atoms with van der Waals surface area (Å²) in [6.45, 7) is 5.73. The minimum atomic E-state index is -0.571. The molecule has 4 amide bonds. The zero-order chi connectivity index (χ0) is 22.9. The van der Waals surface area contributed by atoms with Crippen LogP contribution in [0.3, 0.4) is 0 Å². The first-order chi connectivity index (χ1) is 15.2.